The van der Waals surface area contributed by atoms with Crippen LogP contribution in [-0.4, -0.2) is 0 Å². The lowest BCUT2D eigenvalue weighted by Gasteiger charge is -2.16. The fourth-order valence-corrected chi connectivity index (χ4v) is 3.16. The zero-order valence-electron chi connectivity index (χ0n) is 9.13. The monoisotopic (exact) mass is 451 g/mol. The van der Waals surface area contributed by atoms with Crippen molar-refractivity contribution in [2.45, 2.75) is 6.04 Å². The first kappa shape index (κ1) is 14.5. The van der Waals surface area contributed by atoms with Gasteiger partial charge in [-0.3, -0.25) is 0 Å². The molecule has 5 heteroatoms. The first-order valence-corrected chi connectivity index (χ1v) is 7.90. The van der Waals surface area contributed by atoms with Gasteiger partial charge in [0, 0.05) is 18.4 Å². The van der Waals surface area contributed by atoms with Gasteiger partial charge < -0.3 is 5.73 Å². The molecule has 1 unspecified atom stereocenters. The van der Waals surface area contributed by atoms with Gasteiger partial charge in [-0.2, -0.15) is 0 Å². The Balaban J connectivity index is 2.50. The highest BCUT2D eigenvalue weighted by atomic mass is 79.9. The maximum Gasteiger partial charge on any atom is 0.0578 e. The summed E-state index contributed by atoms with van der Waals surface area (Å²) in [5.41, 5.74) is 8.18. The van der Waals surface area contributed by atoms with Crippen LogP contribution in [-0.2, 0) is 0 Å². The van der Waals surface area contributed by atoms with Crippen molar-refractivity contribution in [1.82, 2.24) is 0 Å². The van der Waals surface area contributed by atoms with E-state index in [-0.39, 0.29) is 6.04 Å². The van der Waals surface area contributed by atoms with E-state index in [0.29, 0.717) is 5.02 Å². The molecular weight excluding hydrogens is 445 g/mol. The highest BCUT2D eigenvalue weighted by Crippen LogP contribution is 2.33. The number of hydrogen-bond donors (Lipinski definition) is 1. The Bertz CT molecular complexity index is 535. The van der Waals surface area contributed by atoms with E-state index in [2.05, 4.69) is 47.8 Å². The van der Waals surface area contributed by atoms with Gasteiger partial charge in [-0.1, -0.05) is 59.4 Å². The second kappa shape index (κ2) is 6.06. The van der Waals surface area contributed by atoms with Gasteiger partial charge in [-0.25, -0.2) is 0 Å². The van der Waals surface area contributed by atoms with Crippen LogP contribution in [0.1, 0.15) is 17.2 Å². The van der Waals surface area contributed by atoms with Crippen molar-refractivity contribution in [3.05, 3.63) is 66.0 Å². The molecule has 0 bridgehead atoms. The summed E-state index contributed by atoms with van der Waals surface area (Å²) in [5.74, 6) is 0. The molecular formula is C13H9Br3ClN. The molecule has 0 aliphatic rings. The summed E-state index contributed by atoms with van der Waals surface area (Å²) in [5, 5.41) is 0.664. The zero-order chi connectivity index (χ0) is 13.3. The molecule has 18 heavy (non-hydrogen) atoms. The fraction of sp³-hybridized carbons (Fsp3) is 0.0769. The third-order valence-corrected chi connectivity index (χ3v) is 4.64. The van der Waals surface area contributed by atoms with E-state index in [1.807, 2.05) is 36.4 Å². The molecule has 0 amide bonds. The third-order valence-electron chi connectivity index (χ3n) is 2.59. The Labute approximate surface area is 136 Å². The van der Waals surface area contributed by atoms with Crippen molar-refractivity contribution < 1.29 is 0 Å². The molecule has 2 aromatic carbocycles. The highest BCUT2D eigenvalue weighted by molar-refractivity contribution is 9.11. The van der Waals surface area contributed by atoms with Gasteiger partial charge in [0.25, 0.3) is 0 Å². The lowest BCUT2D eigenvalue weighted by molar-refractivity contribution is 0.864. The minimum Gasteiger partial charge on any atom is -0.320 e. The molecule has 0 aromatic heterocycles. The van der Waals surface area contributed by atoms with E-state index in [1.165, 1.54) is 0 Å². The predicted octanol–water partition coefficient (Wildman–Crippen LogP) is 5.68. The molecule has 1 nitrogen and oxygen atoms in total. The van der Waals surface area contributed by atoms with Crippen LogP contribution in [0.5, 0.6) is 0 Å². The molecule has 0 saturated carbocycles. The second-order valence-electron chi connectivity index (χ2n) is 3.81. The smallest absolute Gasteiger partial charge is 0.0578 e. The van der Waals surface area contributed by atoms with Crippen LogP contribution in [0, 0.1) is 0 Å². The fourth-order valence-electron chi connectivity index (χ4n) is 1.67. The van der Waals surface area contributed by atoms with Gasteiger partial charge in [0.15, 0.2) is 0 Å². The van der Waals surface area contributed by atoms with Crippen LogP contribution in [0.4, 0.5) is 0 Å². The van der Waals surface area contributed by atoms with Crippen LogP contribution in [0.15, 0.2) is 49.8 Å². The summed E-state index contributed by atoms with van der Waals surface area (Å²) in [6.45, 7) is 0. The molecule has 94 valence electrons. The summed E-state index contributed by atoms with van der Waals surface area (Å²) in [4.78, 5) is 0. The van der Waals surface area contributed by atoms with E-state index in [1.54, 1.807) is 0 Å². The Kier molecular flexibility index (Phi) is 4.89. The highest BCUT2D eigenvalue weighted by Gasteiger charge is 2.16. The number of halogens is 4. The van der Waals surface area contributed by atoms with Crippen LogP contribution in [0.25, 0.3) is 0 Å². The number of benzene rings is 2. The Morgan fingerprint density at radius 1 is 0.889 bits per heavy atom. The topological polar surface area (TPSA) is 26.0 Å². The molecule has 1 atom stereocenters. The first-order valence-electron chi connectivity index (χ1n) is 5.14. The molecule has 0 radical (unpaired) electrons. The minimum absolute atomic E-state index is 0.276. The summed E-state index contributed by atoms with van der Waals surface area (Å²) in [6.07, 6.45) is 0. The van der Waals surface area contributed by atoms with Crippen LogP contribution >= 0.6 is 59.4 Å². The van der Waals surface area contributed by atoms with E-state index >= 15 is 0 Å². The van der Waals surface area contributed by atoms with Gasteiger partial charge in [-0.15, -0.1) is 0 Å². The number of hydrogen-bond acceptors (Lipinski definition) is 1. The maximum atomic E-state index is 6.30. The Hall–Kier alpha value is 0.130. The van der Waals surface area contributed by atoms with Crippen molar-refractivity contribution in [3.63, 3.8) is 0 Å². The van der Waals surface area contributed by atoms with E-state index in [4.69, 9.17) is 17.3 Å². The normalized spacial score (nSPS) is 12.5. The van der Waals surface area contributed by atoms with Gasteiger partial charge in [0.1, 0.15) is 0 Å². The summed E-state index contributed by atoms with van der Waals surface area (Å²) >= 11 is 16.6. The standard InChI is InChI=1S/C13H9Br3ClN/c14-7-1-3-11(16)9(5-7)13(18)10-6-8(15)2-4-12(10)17/h1-6,13H,18H2. The third kappa shape index (κ3) is 3.17. The summed E-state index contributed by atoms with van der Waals surface area (Å²) in [6, 6.07) is 11.3. The SMILES string of the molecule is NC(c1cc(Br)ccc1Cl)c1cc(Br)ccc1Br. The lowest BCUT2D eigenvalue weighted by atomic mass is 10.00. The molecule has 2 aromatic rings. The van der Waals surface area contributed by atoms with E-state index in [0.717, 1.165) is 24.5 Å². The maximum absolute atomic E-state index is 6.30. The lowest BCUT2D eigenvalue weighted by Crippen LogP contribution is -2.13. The summed E-state index contributed by atoms with van der Waals surface area (Å²) < 4.78 is 2.92. The molecule has 0 aliphatic heterocycles. The van der Waals surface area contributed by atoms with Crippen molar-refractivity contribution >= 4 is 59.4 Å². The summed E-state index contributed by atoms with van der Waals surface area (Å²) in [7, 11) is 0. The Morgan fingerprint density at radius 2 is 1.44 bits per heavy atom. The van der Waals surface area contributed by atoms with Crippen molar-refractivity contribution in [3.8, 4) is 0 Å². The molecule has 2 N–H and O–H groups in total. The number of rotatable bonds is 2. The van der Waals surface area contributed by atoms with Crippen LogP contribution < -0.4 is 5.73 Å². The average Bonchev–Trinajstić information content (AvgIpc) is 2.34. The largest absolute Gasteiger partial charge is 0.320 e. The molecule has 0 heterocycles. The van der Waals surface area contributed by atoms with Gasteiger partial charge >= 0.3 is 0 Å². The van der Waals surface area contributed by atoms with Gasteiger partial charge in [0.05, 0.1) is 6.04 Å². The van der Waals surface area contributed by atoms with Gasteiger partial charge in [0.2, 0.25) is 0 Å². The number of nitrogens with two attached hydrogens (primary N) is 1. The van der Waals surface area contributed by atoms with E-state index in [9.17, 15) is 0 Å². The molecule has 0 saturated heterocycles. The zero-order valence-corrected chi connectivity index (χ0v) is 14.6. The minimum atomic E-state index is -0.276. The molecule has 0 spiro atoms. The molecule has 2 rings (SSSR count). The van der Waals surface area contributed by atoms with Crippen molar-refractivity contribution in [1.29, 1.82) is 0 Å². The Morgan fingerprint density at radius 3 is 2.11 bits per heavy atom. The van der Waals surface area contributed by atoms with E-state index < -0.39 is 0 Å². The molecule has 0 fully saturated rings. The van der Waals surface area contributed by atoms with Crippen molar-refractivity contribution in [2.24, 2.45) is 5.73 Å². The quantitative estimate of drug-likeness (QED) is 0.621. The molecule has 0 aliphatic carbocycles. The average molecular weight is 454 g/mol. The second-order valence-corrected chi connectivity index (χ2v) is 6.90. The van der Waals surface area contributed by atoms with Crippen LogP contribution in [0.2, 0.25) is 5.02 Å². The van der Waals surface area contributed by atoms with Crippen LogP contribution in [0.3, 0.4) is 0 Å². The van der Waals surface area contributed by atoms with Crippen molar-refractivity contribution in [2.75, 3.05) is 0 Å². The first-order chi connectivity index (χ1) is 8.49. The predicted molar refractivity (Wildman–Crippen MR) is 87.0 cm³/mol. The van der Waals surface area contributed by atoms with Gasteiger partial charge in [-0.05, 0) is 47.5 Å².